The Morgan fingerprint density at radius 3 is 2.96 bits per heavy atom. The number of hydrogen-bond acceptors (Lipinski definition) is 5. The molecule has 0 bridgehead atoms. The van der Waals surface area contributed by atoms with Crippen molar-refractivity contribution < 1.29 is 4.79 Å². The van der Waals surface area contributed by atoms with E-state index in [2.05, 4.69) is 20.4 Å². The number of aromatic amines is 1. The van der Waals surface area contributed by atoms with Crippen molar-refractivity contribution in [2.45, 2.75) is 33.1 Å². The number of carbonyl (C=O) groups excluding carboxylic acids is 1. The fraction of sp³-hybridized carbons (Fsp3) is 0.294. The molecule has 0 radical (unpaired) electrons. The molecule has 0 aromatic carbocycles. The molecule has 7 nitrogen and oxygen atoms in total. The lowest BCUT2D eigenvalue weighted by molar-refractivity contribution is -0.115. The summed E-state index contributed by atoms with van der Waals surface area (Å²) < 4.78 is 1.46. The SMILES string of the molecule is CCCc1cc(=O)[nH]c(-n2nc(C)cc2NC(=O)Cc2cccs2)n1. The van der Waals surface area contributed by atoms with Gasteiger partial charge in [-0.2, -0.15) is 9.78 Å². The van der Waals surface area contributed by atoms with E-state index in [9.17, 15) is 9.59 Å². The van der Waals surface area contributed by atoms with E-state index in [0.29, 0.717) is 30.3 Å². The summed E-state index contributed by atoms with van der Waals surface area (Å²) in [6, 6.07) is 7.06. The highest BCUT2D eigenvalue weighted by Gasteiger charge is 2.14. The molecule has 3 aromatic rings. The van der Waals surface area contributed by atoms with Crippen LogP contribution in [0.1, 0.15) is 29.6 Å². The Morgan fingerprint density at radius 1 is 1.40 bits per heavy atom. The number of rotatable bonds is 6. The van der Waals surface area contributed by atoms with E-state index in [0.717, 1.165) is 17.0 Å². The summed E-state index contributed by atoms with van der Waals surface area (Å²) in [5.74, 6) is 0.641. The molecule has 8 heteroatoms. The van der Waals surface area contributed by atoms with Crippen LogP contribution in [-0.2, 0) is 17.6 Å². The van der Waals surface area contributed by atoms with Crippen molar-refractivity contribution in [3.8, 4) is 5.95 Å². The molecule has 130 valence electrons. The van der Waals surface area contributed by atoms with E-state index in [1.807, 2.05) is 31.4 Å². The molecule has 3 rings (SSSR count). The fourth-order valence-corrected chi connectivity index (χ4v) is 3.19. The Kier molecular flexibility index (Phi) is 5.08. The second-order valence-corrected chi connectivity index (χ2v) is 6.73. The van der Waals surface area contributed by atoms with E-state index < -0.39 is 0 Å². The number of aryl methyl sites for hydroxylation is 2. The van der Waals surface area contributed by atoms with Crippen LogP contribution in [0.25, 0.3) is 5.95 Å². The van der Waals surface area contributed by atoms with Gasteiger partial charge in [-0.3, -0.25) is 14.6 Å². The van der Waals surface area contributed by atoms with Crippen LogP contribution in [0.15, 0.2) is 34.4 Å². The fourth-order valence-electron chi connectivity index (χ4n) is 2.49. The molecule has 25 heavy (non-hydrogen) atoms. The molecule has 0 spiro atoms. The van der Waals surface area contributed by atoms with Crippen LogP contribution in [-0.4, -0.2) is 25.7 Å². The third-order valence-electron chi connectivity index (χ3n) is 3.50. The maximum absolute atomic E-state index is 12.3. The van der Waals surface area contributed by atoms with Crippen LogP contribution >= 0.6 is 11.3 Å². The molecule has 1 amide bonds. The van der Waals surface area contributed by atoms with Gasteiger partial charge in [0.2, 0.25) is 11.9 Å². The summed E-state index contributed by atoms with van der Waals surface area (Å²) in [5, 5.41) is 9.13. The average Bonchev–Trinajstić information content (AvgIpc) is 3.16. The first-order chi connectivity index (χ1) is 12.0. The number of amides is 1. The molecule has 3 aromatic heterocycles. The maximum atomic E-state index is 12.3. The Morgan fingerprint density at radius 2 is 2.24 bits per heavy atom. The Bertz CT molecular complexity index is 927. The predicted molar refractivity (Wildman–Crippen MR) is 97.4 cm³/mol. The highest BCUT2D eigenvalue weighted by Crippen LogP contribution is 2.16. The van der Waals surface area contributed by atoms with E-state index in [1.165, 1.54) is 22.1 Å². The molecule has 0 fully saturated rings. The first-order valence-corrected chi connectivity index (χ1v) is 8.92. The number of nitrogens with zero attached hydrogens (tertiary/aromatic N) is 3. The molecule has 0 aliphatic heterocycles. The summed E-state index contributed by atoms with van der Waals surface area (Å²) in [4.78, 5) is 32.3. The Hall–Kier alpha value is -2.74. The van der Waals surface area contributed by atoms with Crippen LogP contribution in [0.4, 0.5) is 5.82 Å². The van der Waals surface area contributed by atoms with Crippen LogP contribution in [0.5, 0.6) is 0 Å². The van der Waals surface area contributed by atoms with Gasteiger partial charge in [0.1, 0.15) is 5.82 Å². The minimum absolute atomic E-state index is 0.143. The summed E-state index contributed by atoms with van der Waals surface area (Å²) in [5.41, 5.74) is 1.18. The van der Waals surface area contributed by atoms with Gasteiger partial charge in [0.15, 0.2) is 0 Å². The minimum Gasteiger partial charge on any atom is -0.310 e. The summed E-state index contributed by atoms with van der Waals surface area (Å²) in [7, 11) is 0. The first-order valence-electron chi connectivity index (χ1n) is 8.04. The molecular formula is C17H19N5O2S. The van der Waals surface area contributed by atoms with Gasteiger partial charge in [-0.25, -0.2) is 4.98 Å². The number of aromatic nitrogens is 4. The van der Waals surface area contributed by atoms with E-state index in [4.69, 9.17) is 0 Å². The minimum atomic E-state index is -0.238. The third kappa shape index (κ3) is 4.21. The molecule has 0 atom stereocenters. The lowest BCUT2D eigenvalue weighted by Crippen LogP contribution is -2.20. The Balaban J connectivity index is 1.88. The van der Waals surface area contributed by atoms with Crippen molar-refractivity contribution in [2.75, 3.05) is 5.32 Å². The number of H-pyrrole nitrogens is 1. The van der Waals surface area contributed by atoms with Gasteiger partial charge >= 0.3 is 0 Å². The molecular weight excluding hydrogens is 338 g/mol. The predicted octanol–water partition coefficient (Wildman–Crippen LogP) is 2.46. The van der Waals surface area contributed by atoms with Crippen molar-refractivity contribution in [1.82, 2.24) is 19.7 Å². The molecule has 0 aliphatic rings. The van der Waals surface area contributed by atoms with Crippen molar-refractivity contribution >= 4 is 23.1 Å². The largest absolute Gasteiger partial charge is 0.310 e. The molecule has 3 heterocycles. The number of thiophene rings is 1. The van der Waals surface area contributed by atoms with Crippen molar-refractivity contribution in [1.29, 1.82) is 0 Å². The Labute approximate surface area is 148 Å². The van der Waals surface area contributed by atoms with Gasteiger partial charge in [0.05, 0.1) is 12.1 Å². The topological polar surface area (TPSA) is 92.7 Å². The lowest BCUT2D eigenvalue weighted by atomic mass is 10.2. The van der Waals surface area contributed by atoms with Gasteiger partial charge in [-0.15, -0.1) is 11.3 Å². The average molecular weight is 357 g/mol. The van der Waals surface area contributed by atoms with Gasteiger partial charge < -0.3 is 5.32 Å². The van der Waals surface area contributed by atoms with Crippen molar-refractivity contribution in [3.05, 3.63) is 56.3 Å². The highest BCUT2D eigenvalue weighted by molar-refractivity contribution is 7.10. The second kappa shape index (κ2) is 7.43. The van der Waals surface area contributed by atoms with E-state index in [1.54, 1.807) is 6.07 Å². The van der Waals surface area contributed by atoms with Crippen molar-refractivity contribution in [2.24, 2.45) is 0 Å². The maximum Gasteiger partial charge on any atom is 0.252 e. The number of hydrogen-bond donors (Lipinski definition) is 2. The van der Waals surface area contributed by atoms with Crippen molar-refractivity contribution in [3.63, 3.8) is 0 Å². The summed E-state index contributed by atoms with van der Waals surface area (Å²) >= 11 is 1.53. The smallest absolute Gasteiger partial charge is 0.252 e. The third-order valence-corrected chi connectivity index (χ3v) is 4.38. The molecule has 0 unspecified atom stereocenters. The van der Waals surface area contributed by atoms with Gasteiger partial charge in [0, 0.05) is 22.7 Å². The second-order valence-electron chi connectivity index (χ2n) is 5.70. The van der Waals surface area contributed by atoms with Crippen LogP contribution < -0.4 is 10.9 Å². The normalized spacial score (nSPS) is 10.8. The number of nitrogens with one attached hydrogen (secondary N) is 2. The van der Waals surface area contributed by atoms with Crippen LogP contribution in [0.2, 0.25) is 0 Å². The zero-order valence-corrected chi connectivity index (χ0v) is 14.9. The molecule has 2 N–H and O–H groups in total. The standard InChI is InChI=1S/C17H19N5O2S/c1-3-5-12-9-15(23)20-17(18-12)22-14(8-11(2)21-22)19-16(24)10-13-6-4-7-25-13/h4,6-9H,3,5,10H2,1-2H3,(H,19,24)(H,18,20,23). The zero-order chi connectivity index (χ0) is 17.8. The molecule has 0 aliphatic carbocycles. The van der Waals surface area contributed by atoms with Crippen LogP contribution in [0, 0.1) is 6.92 Å². The zero-order valence-electron chi connectivity index (χ0n) is 14.1. The van der Waals surface area contributed by atoms with E-state index in [-0.39, 0.29) is 11.5 Å². The number of anilines is 1. The molecule has 0 saturated heterocycles. The van der Waals surface area contributed by atoms with Gasteiger partial charge in [-0.05, 0) is 24.8 Å². The lowest BCUT2D eigenvalue weighted by Gasteiger charge is -2.08. The summed E-state index contributed by atoms with van der Waals surface area (Å²) in [6.07, 6.45) is 1.89. The monoisotopic (exact) mass is 357 g/mol. The van der Waals surface area contributed by atoms with E-state index >= 15 is 0 Å². The van der Waals surface area contributed by atoms with Gasteiger partial charge in [0.25, 0.3) is 5.56 Å². The van der Waals surface area contributed by atoms with Crippen LogP contribution in [0.3, 0.4) is 0 Å². The first kappa shape index (κ1) is 17.1. The highest BCUT2D eigenvalue weighted by atomic mass is 32.1. The number of carbonyl (C=O) groups is 1. The summed E-state index contributed by atoms with van der Waals surface area (Å²) in [6.45, 7) is 3.84. The molecule has 0 saturated carbocycles. The quantitative estimate of drug-likeness (QED) is 0.709. The van der Waals surface area contributed by atoms with Gasteiger partial charge in [-0.1, -0.05) is 19.4 Å².